The summed E-state index contributed by atoms with van der Waals surface area (Å²) in [5.74, 6) is -1.31. The molecule has 1 aliphatic heterocycles. The van der Waals surface area contributed by atoms with Gasteiger partial charge in [-0.25, -0.2) is 9.59 Å². The number of carbonyl (C=O) groups excluding carboxylic acids is 1. The number of Topliss-reactive ketones (excluding diaryl/α,β-unsaturated/α-hetero) is 1. The van der Waals surface area contributed by atoms with Crippen molar-refractivity contribution in [1.82, 2.24) is 4.90 Å². The second-order valence-electron chi connectivity index (χ2n) is 8.79. The quantitative estimate of drug-likeness (QED) is 0.318. The second-order valence-corrected chi connectivity index (χ2v) is 8.79. The number of carboxylic acids is 2. The zero-order chi connectivity index (χ0) is 26.5. The van der Waals surface area contributed by atoms with Crippen molar-refractivity contribution in [2.24, 2.45) is 0 Å². The fourth-order valence-electron chi connectivity index (χ4n) is 4.11. The van der Waals surface area contributed by atoms with Crippen molar-refractivity contribution >= 4 is 17.7 Å². The summed E-state index contributed by atoms with van der Waals surface area (Å²) >= 11 is 0. The van der Waals surface area contributed by atoms with Crippen LogP contribution in [0.25, 0.3) is 11.1 Å². The predicted molar refractivity (Wildman–Crippen MR) is 141 cm³/mol. The van der Waals surface area contributed by atoms with Crippen LogP contribution in [-0.4, -0.2) is 59.1 Å². The summed E-state index contributed by atoms with van der Waals surface area (Å²) in [6.07, 6.45) is 6.16. The first-order valence-corrected chi connectivity index (χ1v) is 12.5. The molecular formula is C29H37NO6. The van der Waals surface area contributed by atoms with Crippen LogP contribution in [0, 0.1) is 6.92 Å². The fraction of sp³-hybridized carbons (Fsp3) is 0.414. The number of hydrogen-bond donors (Lipinski definition) is 2. The van der Waals surface area contributed by atoms with E-state index in [4.69, 9.17) is 14.9 Å². The van der Waals surface area contributed by atoms with E-state index in [1.165, 1.54) is 37.1 Å². The Bertz CT molecular complexity index is 1050. The molecule has 3 rings (SSSR count). The van der Waals surface area contributed by atoms with E-state index in [2.05, 4.69) is 36.9 Å². The average Bonchev–Trinajstić information content (AvgIpc) is 3.38. The maximum Gasteiger partial charge on any atom is 0.328 e. The number of carboxylic acid groups (broad SMARTS) is 2. The molecule has 0 aliphatic carbocycles. The third-order valence-electron chi connectivity index (χ3n) is 5.99. The zero-order valence-corrected chi connectivity index (χ0v) is 21.5. The fourth-order valence-corrected chi connectivity index (χ4v) is 4.11. The van der Waals surface area contributed by atoms with Gasteiger partial charge in [-0.15, -0.1) is 0 Å². The van der Waals surface area contributed by atoms with Crippen molar-refractivity contribution in [2.75, 3.05) is 26.2 Å². The summed E-state index contributed by atoms with van der Waals surface area (Å²) in [4.78, 5) is 33.9. The van der Waals surface area contributed by atoms with Crippen molar-refractivity contribution in [1.29, 1.82) is 0 Å². The Balaban J connectivity index is 0.000000493. The van der Waals surface area contributed by atoms with E-state index in [-0.39, 0.29) is 5.78 Å². The van der Waals surface area contributed by atoms with Gasteiger partial charge in [-0.1, -0.05) is 32.0 Å². The molecule has 1 fully saturated rings. The molecule has 2 aromatic carbocycles. The molecule has 0 spiro atoms. The Kier molecular flexibility index (Phi) is 11.9. The summed E-state index contributed by atoms with van der Waals surface area (Å²) in [6, 6.07) is 12.5. The molecule has 1 saturated heterocycles. The van der Waals surface area contributed by atoms with Crippen LogP contribution in [0.4, 0.5) is 0 Å². The summed E-state index contributed by atoms with van der Waals surface area (Å²) in [5.41, 5.74) is 5.55. The average molecular weight is 496 g/mol. The van der Waals surface area contributed by atoms with Crippen molar-refractivity contribution in [2.45, 2.75) is 52.9 Å². The minimum Gasteiger partial charge on any atom is -0.492 e. The van der Waals surface area contributed by atoms with E-state index < -0.39 is 11.9 Å². The predicted octanol–water partition coefficient (Wildman–Crippen LogP) is 5.39. The van der Waals surface area contributed by atoms with Crippen molar-refractivity contribution in [3.63, 3.8) is 0 Å². The largest absolute Gasteiger partial charge is 0.492 e. The monoisotopic (exact) mass is 495 g/mol. The van der Waals surface area contributed by atoms with Crippen LogP contribution < -0.4 is 4.74 Å². The molecule has 194 valence electrons. The van der Waals surface area contributed by atoms with Gasteiger partial charge in [0.15, 0.2) is 5.78 Å². The number of rotatable bonds is 11. The van der Waals surface area contributed by atoms with Gasteiger partial charge in [0.1, 0.15) is 12.4 Å². The van der Waals surface area contributed by atoms with Gasteiger partial charge in [0.05, 0.1) is 0 Å². The lowest BCUT2D eigenvalue weighted by Gasteiger charge is -2.18. The molecule has 1 aliphatic rings. The molecule has 0 aromatic heterocycles. The lowest BCUT2D eigenvalue weighted by molar-refractivity contribution is -0.134. The molecule has 0 unspecified atom stereocenters. The Morgan fingerprint density at radius 3 is 2.25 bits per heavy atom. The third-order valence-corrected chi connectivity index (χ3v) is 5.99. The molecule has 7 nitrogen and oxygen atoms in total. The number of benzene rings is 2. The lowest BCUT2D eigenvalue weighted by Crippen LogP contribution is -2.25. The minimum absolute atomic E-state index is 0.223. The first-order valence-electron chi connectivity index (χ1n) is 12.5. The molecule has 0 radical (unpaired) electrons. The van der Waals surface area contributed by atoms with E-state index in [0.29, 0.717) is 18.6 Å². The highest BCUT2D eigenvalue weighted by Gasteiger charge is 2.14. The molecule has 0 atom stereocenters. The summed E-state index contributed by atoms with van der Waals surface area (Å²) in [6.45, 7) is 10.5. The van der Waals surface area contributed by atoms with Crippen LogP contribution in [0.2, 0.25) is 0 Å². The standard InChI is InChI=1S/C25H33NO2.C4H4O4/c1-4-9-24(27)22-11-8-10-21(17-22)23-16-19(3)25(18-20(23)5-2)28-15-14-26-12-6-7-13-26;5-3(6)1-2-4(7)8/h8,10-11,16-18H,4-7,9,12-15H2,1-3H3;1-2H,(H,5,6)(H,7,8)/b;2-1+. The van der Waals surface area contributed by atoms with Crippen LogP contribution in [0.3, 0.4) is 0 Å². The maximum atomic E-state index is 12.3. The zero-order valence-electron chi connectivity index (χ0n) is 21.5. The van der Waals surface area contributed by atoms with Gasteiger partial charge < -0.3 is 14.9 Å². The smallest absolute Gasteiger partial charge is 0.328 e. The third kappa shape index (κ3) is 9.30. The molecule has 2 N–H and O–H groups in total. The Hall–Kier alpha value is -3.45. The first kappa shape index (κ1) is 28.8. The number of nitrogens with zero attached hydrogens (tertiary/aromatic N) is 1. The van der Waals surface area contributed by atoms with Crippen LogP contribution in [0.1, 0.15) is 61.0 Å². The molecule has 7 heteroatoms. The number of hydrogen-bond acceptors (Lipinski definition) is 5. The number of ketones is 1. The SMILES string of the molecule is CCCC(=O)c1cccc(-c2cc(C)c(OCCN3CCCC3)cc2CC)c1.O=C(O)/C=C/C(=O)O. The summed E-state index contributed by atoms with van der Waals surface area (Å²) < 4.78 is 6.13. The van der Waals surface area contributed by atoms with Crippen molar-refractivity contribution in [3.05, 3.63) is 65.2 Å². The molecule has 0 amide bonds. The van der Waals surface area contributed by atoms with E-state index >= 15 is 0 Å². The van der Waals surface area contributed by atoms with E-state index in [1.54, 1.807) is 0 Å². The van der Waals surface area contributed by atoms with Gasteiger partial charge in [0, 0.05) is 30.7 Å². The van der Waals surface area contributed by atoms with Crippen LogP contribution in [0.15, 0.2) is 48.6 Å². The van der Waals surface area contributed by atoms with Crippen molar-refractivity contribution in [3.8, 4) is 16.9 Å². The van der Waals surface area contributed by atoms with Crippen molar-refractivity contribution < 1.29 is 29.3 Å². The van der Waals surface area contributed by atoms with Gasteiger partial charge in [-0.05, 0) is 86.1 Å². The number of carbonyl (C=O) groups is 3. The Labute approximate surface area is 213 Å². The Morgan fingerprint density at radius 1 is 1.00 bits per heavy atom. The van der Waals surface area contributed by atoms with Gasteiger partial charge in [0.25, 0.3) is 0 Å². The molecular weight excluding hydrogens is 458 g/mol. The minimum atomic E-state index is -1.26. The van der Waals surface area contributed by atoms with Gasteiger partial charge in [0.2, 0.25) is 0 Å². The van der Waals surface area contributed by atoms with Gasteiger partial charge in [-0.2, -0.15) is 0 Å². The van der Waals surface area contributed by atoms with E-state index in [9.17, 15) is 14.4 Å². The molecule has 0 saturated carbocycles. The maximum absolute atomic E-state index is 12.3. The lowest BCUT2D eigenvalue weighted by atomic mass is 9.93. The normalized spacial score (nSPS) is 13.3. The van der Waals surface area contributed by atoms with Crippen LogP contribution in [-0.2, 0) is 16.0 Å². The summed E-state index contributed by atoms with van der Waals surface area (Å²) in [5, 5.41) is 15.6. The number of aryl methyl sites for hydroxylation is 2. The number of aliphatic carboxylic acids is 2. The van der Waals surface area contributed by atoms with E-state index in [0.717, 1.165) is 48.4 Å². The molecule has 2 aromatic rings. The highest BCUT2D eigenvalue weighted by molar-refractivity contribution is 5.97. The van der Waals surface area contributed by atoms with Gasteiger partial charge >= 0.3 is 11.9 Å². The van der Waals surface area contributed by atoms with E-state index in [1.807, 2.05) is 25.1 Å². The topological polar surface area (TPSA) is 104 Å². The van der Waals surface area contributed by atoms with Gasteiger partial charge in [-0.3, -0.25) is 9.69 Å². The van der Waals surface area contributed by atoms with Crippen LogP contribution in [0.5, 0.6) is 5.75 Å². The molecule has 1 heterocycles. The summed E-state index contributed by atoms with van der Waals surface area (Å²) in [7, 11) is 0. The number of likely N-dealkylation sites (tertiary alicyclic amines) is 1. The molecule has 36 heavy (non-hydrogen) atoms. The van der Waals surface area contributed by atoms with Crippen LogP contribution >= 0.6 is 0 Å². The molecule has 0 bridgehead atoms. The highest BCUT2D eigenvalue weighted by Crippen LogP contribution is 2.32. The Morgan fingerprint density at radius 2 is 1.67 bits per heavy atom. The number of ether oxygens (including phenoxy) is 1. The highest BCUT2D eigenvalue weighted by atomic mass is 16.5. The second kappa shape index (κ2) is 14.8. The first-order chi connectivity index (χ1) is 17.2.